The van der Waals surface area contributed by atoms with E-state index >= 15 is 0 Å². The average molecular weight is 675 g/mol. The van der Waals surface area contributed by atoms with Gasteiger partial charge in [-0.1, -0.05) is 72.8 Å². The summed E-state index contributed by atoms with van der Waals surface area (Å²) in [6.07, 6.45) is 3.09. The van der Waals surface area contributed by atoms with E-state index in [9.17, 15) is 29.4 Å². The zero-order chi connectivity index (χ0) is 35.8. The Labute approximate surface area is 286 Å². The van der Waals surface area contributed by atoms with Gasteiger partial charge >= 0.3 is 0 Å². The summed E-state index contributed by atoms with van der Waals surface area (Å²) >= 11 is 0. The van der Waals surface area contributed by atoms with Gasteiger partial charge in [0.15, 0.2) is 22.9 Å². The summed E-state index contributed by atoms with van der Waals surface area (Å²) in [6.45, 7) is 0.436. The third-order valence-electron chi connectivity index (χ3n) is 7.75. The highest BCUT2D eigenvalue weighted by Gasteiger charge is 2.18. The predicted molar refractivity (Wildman–Crippen MR) is 188 cm³/mol. The standard InChI is InChI=1S/C19H17N3O4.C18H17N3O3/c1-20-19(25)17-18(24)16(23)11-22(21-17)15-9-4-3-8-14(15)12-6-5-7-13(10-12)26-2;1-19-18(24)16-17(23)15(22)11-21(20-16)10-9-13-7-4-6-12-5-2-3-8-14(12)13/h3-11,23H,1-2H3,(H,20,25);2-8,11,22H,9-10H2,1H3,(H,19,24). The largest absolute Gasteiger partial charge is 0.503 e. The number of aryl methyl sites for hydroxylation is 2. The molecule has 0 saturated carbocycles. The summed E-state index contributed by atoms with van der Waals surface area (Å²) in [5, 5.41) is 34.8. The van der Waals surface area contributed by atoms with Crippen LogP contribution < -0.4 is 26.2 Å². The molecule has 254 valence electrons. The van der Waals surface area contributed by atoms with E-state index in [1.807, 2.05) is 72.8 Å². The molecule has 6 rings (SSSR count). The lowest BCUT2D eigenvalue weighted by atomic mass is 10.0. The minimum Gasteiger partial charge on any atom is -0.503 e. The van der Waals surface area contributed by atoms with Gasteiger partial charge in [-0.2, -0.15) is 10.2 Å². The van der Waals surface area contributed by atoms with Crippen molar-refractivity contribution in [1.82, 2.24) is 30.2 Å². The Hall–Kier alpha value is -6.76. The number of nitrogens with zero attached hydrogens (tertiary/aromatic N) is 4. The number of para-hydroxylation sites is 1. The normalized spacial score (nSPS) is 10.5. The summed E-state index contributed by atoms with van der Waals surface area (Å²) in [5.41, 5.74) is 1.11. The zero-order valence-electron chi connectivity index (χ0n) is 27.5. The second-order valence-corrected chi connectivity index (χ2v) is 10.9. The molecule has 50 heavy (non-hydrogen) atoms. The Morgan fingerprint density at radius 3 is 2.10 bits per heavy atom. The SMILES string of the molecule is CNC(=O)c1nn(-c2ccccc2-c2cccc(OC)c2)cc(O)c1=O.CNC(=O)c1nn(CCc2cccc3ccccc23)cc(O)c1=O. The first-order chi connectivity index (χ1) is 24.1. The lowest BCUT2D eigenvalue weighted by molar-refractivity contribution is 0.0946. The first-order valence-electron chi connectivity index (χ1n) is 15.4. The summed E-state index contributed by atoms with van der Waals surface area (Å²) in [5.74, 6) is -1.63. The van der Waals surface area contributed by atoms with Crippen LogP contribution in [0.25, 0.3) is 27.6 Å². The Morgan fingerprint density at radius 2 is 1.38 bits per heavy atom. The first kappa shape index (κ1) is 34.6. The number of fused-ring (bicyclic) bond motifs is 1. The molecular formula is C37H34N6O7. The molecule has 0 unspecified atom stereocenters. The number of benzene rings is 4. The van der Waals surface area contributed by atoms with Crippen LogP contribution in [0.15, 0.2) is 113 Å². The fourth-order valence-electron chi connectivity index (χ4n) is 5.23. The number of hydrogen-bond acceptors (Lipinski definition) is 9. The summed E-state index contributed by atoms with van der Waals surface area (Å²) in [6, 6.07) is 28.9. The van der Waals surface area contributed by atoms with Crippen LogP contribution in [-0.4, -0.2) is 62.8 Å². The molecule has 0 fully saturated rings. The molecule has 4 aromatic carbocycles. The summed E-state index contributed by atoms with van der Waals surface area (Å²) in [4.78, 5) is 47.4. The van der Waals surface area contributed by atoms with Crippen LogP contribution in [0.5, 0.6) is 17.2 Å². The van der Waals surface area contributed by atoms with E-state index in [2.05, 4.69) is 26.9 Å². The van der Waals surface area contributed by atoms with E-state index in [1.54, 1.807) is 19.2 Å². The monoisotopic (exact) mass is 674 g/mol. The highest BCUT2D eigenvalue weighted by atomic mass is 16.5. The Bertz CT molecular complexity index is 2310. The summed E-state index contributed by atoms with van der Waals surface area (Å²) < 4.78 is 8.00. The Balaban J connectivity index is 0.000000195. The van der Waals surface area contributed by atoms with E-state index in [1.165, 1.54) is 35.9 Å². The fraction of sp³-hybridized carbons (Fsp3) is 0.135. The van der Waals surface area contributed by atoms with Crippen molar-refractivity contribution in [3.05, 3.63) is 141 Å². The van der Waals surface area contributed by atoms with Gasteiger partial charge in [-0.05, 0) is 46.5 Å². The molecule has 6 aromatic rings. The third-order valence-corrected chi connectivity index (χ3v) is 7.75. The molecule has 2 amide bonds. The topological polar surface area (TPSA) is 178 Å². The Morgan fingerprint density at radius 1 is 0.760 bits per heavy atom. The summed E-state index contributed by atoms with van der Waals surface area (Å²) in [7, 11) is 4.39. The smallest absolute Gasteiger partial charge is 0.275 e. The number of carbonyl (C=O) groups is 2. The number of nitrogens with one attached hydrogen (secondary N) is 2. The molecule has 2 heterocycles. The van der Waals surface area contributed by atoms with Crippen molar-refractivity contribution >= 4 is 22.6 Å². The van der Waals surface area contributed by atoms with Gasteiger partial charge in [0.2, 0.25) is 0 Å². The van der Waals surface area contributed by atoms with Gasteiger partial charge in [-0.3, -0.25) is 23.9 Å². The number of rotatable bonds is 8. The second-order valence-electron chi connectivity index (χ2n) is 10.9. The maximum atomic E-state index is 12.0. The lowest BCUT2D eigenvalue weighted by Gasteiger charge is -2.13. The maximum absolute atomic E-state index is 12.0. The van der Waals surface area contributed by atoms with Gasteiger partial charge in [0.1, 0.15) is 5.75 Å². The van der Waals surface area contributed by atoms with Gasteiger partial charge in [0.05, 0.1) is 25.2 Å². The molecule has 0 spiro atoms. The molecule has 0 aliphatic heterocycles. The number of methoxy groups -OCH3 is 1. The van der Waals surface area contributed by atoms with Crippen LogP contribution >= 0.6 is 0 Å². The molecule has 0 bridgehead atoms. The van der Waals surface area contributed by atoms with Crippen LogP contribution in [0.1, 0.15) is 26.5 Å². The molecule has 13 nitrogen and oxygen atoms in total. The van der Waals surface area contributed by atoms with E-state index < -0.39 is 34.2 Å². The van der Waals surface area contributed by atoms with Crippen LogP contribution in [0, 0.1) is 0 Å². The lowest BCUT2D eigenvalue weighted by Crippen LogP contribution is -2.29. The van der Waals surface area contributed by atoms with Gasteiger partial charge in [0.25, 0.3) is 22.7 Å². The number of aromatic nitrogens is 4. The third kappa shape index (κ3) is 7.52. The molecule has 0 saturated heterocycles. The quantitative estimate of drug-likeness (QED) is 0.188. The second kappa shape index (κ2) is 15.4. The molecule has 0 aliphatic carbocycles. The van der Waals surface area contributed by atoms with Crippen molar-refractivity contribution in [3.63, 3.8) is 0 Å². The molecule has 4 N–H and O–H groups in total. The van der Waals surface area contributed by atoms with Crippen molar-refractivity contribution in [2.24, 2.45) is 0 Å². The predicted octanol–water partition coefficient (Wildman–Crippen LogP) is 3.68. The van der Waals surface area contributed by atoms with E-state index in [4.69, 9.17) is 4.74 Å². The number of ether oxygens (including phenoxy) is 1. The van der Waals surface area contributed by atoms with Crippen molar-refractivity contribution in [3.8, 4) is 34.1 Å². The number of carbonyl (C=O) groups excluding carboxylic acids is 2. The van der Waals surface area contributed by atoms with Crippen molar-refractivity contribution in [2.45, 2.75) is 13.0 Å². The minimum atomic E-state index is -0.820. The van der Waals surface area contributed by atoms with Crippen LogP contribution in [0.4, 0.5) is 0 Å². The maximum Gasteiger partial charge on any atom is 0.275 e. The average Bonchev–Trinajstić information content (AvgIpc) is 3.15. The first-order valence-corrected chi connectivity index (χ1v) is 15.4. The van der Waals surface area contributed by atoms with Crippen molar-refractivity contribution < 1.29 is 24.5 Å². The highest BCUT2D eigenvalue weighted by molar-refractivity contribution is 5.92. The Kier molecular flexibility index (Phi) is 10.7. The van der Waals surface area contributed by atoms with E-state index in [-0.39, 0.29) is 11.4 Å². The number of amides is 2. The van der Waals surface area contributed by atoms with Gasteiger partial charge in [-0.15, -0.1) is 0 Å². The molecule has 13 heteroatoms. The van der Waals surface area contributed by atoms with Crippen molar-refractivity contribution in [2.75, 3.05) is 21.2 Å². The fourth-order valence-corrected chi connectivity index (χ4v) is 5.23. The number of aromatic hydroxyl groups is 2. The van der Waals surface area contributed by atoms with Crippen LogP contribution in [0.3, 0.4) is 0 Å². The molecule has 0 aliphatic rings. The van der Waals surface area contributed by atoms with Gasteiger partial charge in [0, 0.05) is 26.2 Å². The molecular weight excluding hydrogens is 640 g/mol. The van der Waals surface area contributed by atoms with E-state index in [0.717, 1.165) is 27.5 Å². The van der Waals surface area contributed by atoms with Gasteiger partial charge < -0.3 is 25.6 Å². The molecule has 2 aromatic heterocycles. The van der Waals surface area contributed by atoms with Crippen LogP contribution in [-0.2, 0) is 13.0 Å². The van der Waals surface area contributed by atoms with Crippen LogP contribution in [0.2, 0.25) is 0 Å². The zero-order valence-corrected chi connectivity index (χ0v) is 27.5. The van der Waals surface area contributed by atoms with Crippen molar-refractivity contribution in [1.29, 1.82) is 0 Å². The molecule has 0 atom stereocenters. The van der Waals surface area contributed by atoms with E-state index in [0.29, 0.717) is 24.4 Å². The number of hydrogen-bond donors (Lipinski definition) is 4. The highest BCUT2D eigenvalue weighted by Crippen LogP contribution is 2.29. The van der Waals surface area contributed by atoms with Gasteiger partial charge in [-0.25, -0.2) is 4.68 Å². The molecule has 0 radical (unpaired) electrons. The minimum absolute atomic E-state index is 0.310.